The molecule has 0 saturated carbocycles. The highest BCUT2D eigenvalue weighted by Crippen LogP contribution is 2.05. The Balaban J connectivity index is 2.59. The van der Waals surface area contributed by atoms with E-state index in [4.69, 9.17) is 0 Å². The Morgan fingerprint density at radius 2 is 2.21 bits per heavy atom. The fourth-order valence-electron chi connectivity index (χ4n) is 1.22. The smallest absolute Gasteiger partial charge is 0.223 e. The molecular weight excluding hydrogens is 174 g/mol. The third kappa shape index (κ3) is 3.73. The number of nitrogens with one attached hydrogen (secondary N) is 1. The van der Waals surface area contributed by atoms with Crippen molar-refractivity contribution in [3.8, 4) is 0 Å². The van der Waals surface area contributed by atoms with Gasteiger partial charge in [0.05, 0.1) is 0 Å². The van der Waals surface area contributed by atoms with Gasteiger partial charge in [-0.15, -0.1) is 0 Å². The van der Waals surface area contributed by atoms with Crippen LogP contribution in [0.3, 0.4) is 0 Å². The quantitative estimate of drug-likeness (QED) is 0.781. The van der Waals surface area contributed by atoms with Crippen LogP contribution in [0.15, 0.2) is 12.3 Å². The Kier molecular flexibility index (Phi) is 4.36. The van der Waals surface area contributed by atoms with E-state index in [0.717, 1.165) is 18.1 Å². The second-order valence-electron chi connectivity index (χ2n) is 3.77. The van der Waals surface area contributed by atoms with Crippen molar-refractivity contribution in [2.45, 2.75) is 46.1 Å². The van der Waals surface area contributed by atoms with Crippen LogP contribution in [0.5, 0.6) is 0 Å². The summed E-state index contributed by atoms with van der Waals surface area (Å²) in [5, 5.41) is 3.20. The van der Waals surface area contributed by atoms with E-state index in [-0.39, 0.29) is 0 Å². The fraction of sp³-hybridized carbons (Fsp3) is 0.636. The molecule has 0 bridgehead atoms. The number of unbranched alkanes of at least 4 members (excludes halogenated alkanes) is 1. The van der Waals surface area contributed by atoms with Gasteiger partial charge in [0.1, 0.15) is 0 Å². The first-order valence-corrected chi connectivity index (χ1v) is 5.31. The molecule has 0 fully saturated rings. The van der Waals surface area contributed by atoms with Gasteiger partial charge < -0.3 is 5.32 Å². The highest BCUT2D eigenvalue weighted by molar-refractivity contribution is 5.25. The minimum Gasteiger partial charge on any atom is -0.352 e. The fourth-order valence-corrected chi connectivity index (χ4v) is 1.22. The van der Waals surface area contributed by atoms with Crippen molar-refractivity contribution in [3.05, 3.63) is 18.0 Å². The average Bonchev–Trinajstić information content (AvgIpc) is 2.14. The Morgan fingerprint density at radius 3 is 2.86 bits per heavy atom. The van der Waals surface area contributed by atoms with E-state index in [1.165, 1.54) is 12.8 Å². The molecular formula is C11H19N3. The zero-order chi connectivity index (χ0) is 10.4. The van der Waals surface area contributed by atoms with Crippen LogP contribution >= 0.6 is 0 Å². The maximum Gasteiger partial charge on any atom is 0.223 e. The average molecular weight is 193 g/mol. The van der Waals surface area contributed by atoms with Crippen LogP contribution in [-0.2, 0) is 6.42 Å². The minimum absolute atomic E-state index is 0.386. The molecule has 0 aliphatic rings. The van der Waals surface area contributed by atoms with Crippen molar-refractivity contribution >= 4 is 5.95 Å². The molecule has 1 heterocycles. The van der Waals surface area contributed by atoms with Crippen LogP contribution in [0.4, 0.5) is 5.95 Å². The van der Waals surface area contributed by atoms with E-state index in [1.807, 2.05) is 12.3 Å². The van der Waals surface area contributed by atoms with Crippen molar-refractivity contribution in [1.82, 2.24) is 9.97 Å². The van der Waals surface area contributed by atoms with Gasteiger partial charge in [-0.25, -0.2) is 9.97 Å². The second kappa shape index (κ2) is 5.58. The summed E-state index contributed by atoms with van der Waals surface area (Å²) < 4.78 is 0. The van der Waals surface area contributed by atoms with Gasteiger partial charge in [0.2, 0.25) is 5.95 Å². The van der Waals surface area contributed by atoms with E-state index in [1.54, 1.807) is 0 Å². The number of aromatic nitrogens is 2. The molecule has 0 unspecified atom stereocenters. The van der Waals surface area contributed by atoms with Crippen LogP contribution in [0.1, 0.15) is 39.3 Å². The summed E-state index contributed by atoms with van der Waals surface area (Å²) in [4.78, 5) is 8.59. The zero-order valence-electron chi connectivity index (χ0n) is 9.25. The molecule has 0 aromatic carbocycles. The summed E-state index contributed by atoms with van der Waals surface area (Å²) in [6, 6.07) is 2.37. The van der Waals surface area contributed by atoms with E-state index < -0.39 is 0 Å². The molecule has 1 N–H and O–H groups in total. The first-order valence-electron chi connectivity index (χ1n) is 5.31. The minimum atomic E-state index is 0.386. The summed E-state index contributed by atoms with van der Waals surface area (Å²) >= 11 is 0. The second-order valence-corrected chi connectivity index (χ2v) is 3.77. The number of nitrogens with zero attached hydrogens (tertiary/aromatic N) is 2. The lowest BCUT2D eigenvalue weighted by atomic mass is 10.2. The summed E-state index contributed by atoms with van der Waals surface area (Å²) in [6.45, 7) is 6.36. The van der Waals surface area contributed by atoms with Crippen LogP contribution in [0, 0.1) is 0 Å². The van der Waals surface area contributed by atoms with Crippen molar-refractivity contribution in [1.29, 1.82) is 0 Å². The number of hydrogen-bond donors (Lipinski definition) is 1. The molecule has 0 radical (unpaired) electrons. The molecule has 1 aromatic rings. The lowest BCUT2D eigenvalue weighted by Crippen LogP contribution is -2.13. The molecule has 0 amide bonds. The van der Waals surface area contributed by atoms with Gasteiger partial charge in [-0.3, -0.25) is 0 Å². The van der Waals surface area contributed by atoms with Gasteiger partial charge in [0.25, 0.3) is 0 Å². The predicted octanol–water partition coefficient (Wildman–Crippen LogP) is 2.64. The first kappa shape index (κ1) is 11.0. The summed E-state index contributed by atoms with van der Waals surface area (Å²) in [7, 11) is 0. The number of rotatable bonds is 5. The van der Waals surface area contributed by atoms with Gasteiger partial charge in [-0.05, 0) is 32.8 Å². The van der Waals surface area contributed by atoms with Crippen LogP contribution in [0.25, 0.3) is 0 Å². The highest BCUT2D eigenvalue weighted by atomic mass is 15.1. The van der Waals surface area contributed by atoms with E-state index in [0.29, 0.717) is 6.04 Å². The van der Waals surface area contributed by atoms with Gasteiger partial charge in [-0.1, -0.05) is 13.3 Å². The van der Waals surface area contributed by atoms with Crippen molar-refractivity contribution in [2.24, 2.45) is 0 Å². The van der Waals surface area contributed by atoms with Gasteiger partial charge >= 0.3 is 0 Å². The number of aryl methyl sites for hydroxylation is 1. The molecule has 1 rings (SSSR count). The molecule has 1 aromatic heterocycles. The molecule has 0 saturated heterocycles. The molecule has 0 aliphatic carbocycles. The molecule has 3 heteroatoms. The normalized spacial score (nSPS) is 10.6. The Labute approximate surface area is 86.0 Å². The Hall–Kier alpha value is -1.12. The third-order valence-corrected chi connectivity index (χ3v) is 1.92. The Bertz CT molecular complexity index is 271. The summed E-state index contributed by atoms with van der Waals surface area (Å²) in [5.74, 6) is 0.744. The molecule has 0 aliphatic heterocycles. The van der Waals surface area contributed by atoms with E-state index in [9.17, 15) is 0 Å². The monoisotopic (exact) mass is 193 g/mol. The van der Waals surface area contributed by atoms with Crippen molar-refractivity contribution in [3.63, 3.8) is 0 Å². The molecule has 14 heavy (non-hydrogen) atoms. The number of anilines is 1. The molecule has 0 atom stereocenters. The van der Waals surface area contributed by atoms with Gasteiger partial charge in [-0.2, -0.15) is 0 Å². The molecule has 3 nitrogen and oxygen atoms in total. The van der Waals surface area contributed by atoms with Crippen LogP contribution < -0.4 is 5.32 Å². The molecule has 0 spiro atoms. The largest absolute Gasteiger partial charge is 0.352 e. The van der Waals surface area contributed by atoms with E-state index >= 15 is 0 Å². The summed E-state index contributed by atoms with van der Waals surface area (Å²) in [6.07, 6.45) is 5.27. The summed E-state index contributed by atoms with van der Waals surface area (Å²) in [5.41, 5.74) is 1.13. The third-order valence-electron chi connectivity index (χ3n) is 1.92. The van der Waals surface area contributed by atoms with Crippen LogP contribution in [-0.4, -0.2) is 16.0 Å². The highest BCUT2D eigenvalue weighted by Gasteiger charge is 1.99. The topological polar surface area (TPSA) is 37.8 Å². The van der Waals surface area contributed by atoms with Gasteiger partial charge in [0, 0.05) is 17.9 Å². The lowest BCUT2D eigenvalue weighted by Gasteiger charge is -2.08. The van der Waals surface area contributed by atoms with Crippen molar-refractivity contribution in [2.75, 3.05) is 5.32 Å². The van der Waals surface area contributed by atoms with Crippen LogP contribution in [0.2, 0.25) is 0 Å². The first-order chi connectivity index (χ1) is 6.72. The zero-order valence-corrected chi connectivity index (χ0v) is 9.25. The lowest BCUT2D eigenvalue weighted by molar-refractivity contribution is 0.770. The standard InChI is InChI=1S/C11H19N3/c1-4-5-6-10-7-8-12-11(14-10)13-9(2)3/h7-9H,4-6H2,1-3H3,(H,12,13,14). The maximum absolute atomic E-state index is 4.43. The molecule has 78 valence electrons. The predicted molar refractivity (Wildman–Crippen MR) is 59.4 cm³/mol. The number of hydrogen-bond acceptors (Lipinski definition) is 3. The maximum atomic E-state index is 4.43. The van der Waals surface area contributed by atoms with E-state index in [2.05, 4.69) is 36.1 Å². The van der Waals surface area contributed by atoms with Crippen molar-refractivity contribution < 1.29 is 0 Å². The SMILES string of the molecule is CCCCc1ccnc(NC(C)C)n1. The Morgan fingerprint density at radius 1 is 1.43 bits per heavy atom. The van der Waals surface area contributed by atoms with Gasteiger partial charge in [0.15, 0.2) is 0 Å².